The van der Waals surface area contributed by atoms with Crippen LogP contribution in [0.1, 0.15) is 15.2 Å². The minimum Gasteiger partial charge on any atom is -0.495 e. The number of carbonyl (C=O) groups is 1. The van der Waals surface area contributed by atoms with Crippen molar-refractivity contribution < 1.29 is 17.9 Å². The number of methoxy groups -OCH3 is 1. The molecule has 0 fully saturated rings. The highest BCUT2D eigenvalue weighted by Crippen LogP contribution is 2.33. The van der Waals surface area contributed by atoms with Gasteiger partial charge in [-0.25, -0.2) is 8.42 Å². The number of amides is 1. The van der Waals surface area contributed by atoms with E-state index in [4.69, 9.17) is 16.3 Å². The number of rotatable bonds is 8. The molecule has 1 aromatic heterocycles. The Morgan fingerprint density at radius 3 is 2.53 bits per heavy atom. The van der Waals surface area contributed by atoms with Crippen LogP contribution in [0.2, 0.25) is 5.02 Å². The van der Waals surface area contributed by atoms with Gasteiger partial charge in [-0.2, -0.15) is 0 Å². The molecule has 0 atom stereocenters. The van der Waals surface area contributed by atoms with E-state index in [9.17, 15) is 13.2 Å². The van der Waals surface area contributed by atoms with E-state index in [1.807, 2.05) is 36.4 Å². The van der Waals surface area contributed by atoms with Crippen molar-refractivity contribution in [3.05, 3.63) is 88.3 Å². The highest BCUT2D eigenvalue weighted by Gasteiger charge is 2.23. The van der Waals surface area contributed by atoms with Crippen molar-refractivity contribution in [2.75, 3.05) is 25.0 Å². The zero-order chi connectivity index (χ0) is 24.3. The molecule has 0 saturated carbocycles. The smallest absolute Gasteiger partial charge is 0.264 e. The van der Waals surface area contributed by atoms with Gasteiger partial charge < -0.3 is 10.1 Å². The number of fused-ring (bicyclic) bond motifs is 1. The highest BCUT2D eigenvalue weighted by molar-refractivity contribution is 7.92. The predicted octanol–water partition coefficient (Wildman–Crippen LogP) is 5.36. The van der Waals surface area contributed by atoms with Crippen LogP contribution in [0.5, 0.6) is 5.75 Å². The number of halogens is 1. The average Bonchev–Trinajstić information content (AvgIpc) is 3.27. The SMILES string of the molecule is COc1ccc(S(=O)(=O)N(C)c2ccc3sc(C(=O)NCCc4ccccc4)cc3c2)cc1Cl. The van der Waals surface area contributed by atoms with Crippen molar-refractivity contribution in [2.24, 2.45) is 0 Å². The Balaban J connectivity index is 1.51. The van der Waals surface area contributed by atoms with E-state index in [-0.39, 0.29) is 15.8 Å². The number of anilines is 1. The molecule has 34 heavy (non-hydrogen) atoms. The van der Waals surface area contributed by atoms with Gasteiger partial charge in [-0.15, -0.1) is 11.3 Å². The Morgan fingerprint density at radius 2 is 1.82 bits per heavy atom. The first-order valence-electron chi connectivity index (χ1n) is 10.5. The minimum atomic E-state index is -3.84. The van der Waals surface area contributed by atoms with E-state index in [1.54, 1.807) is 18.2 Å². The lowest BCUT2D eigenvalue weighted by Gasteiger charge is -2.20. The number of benzene rings is 3. The van der Waals surface area contributed by atoms with Crippen molar-refractivity contribution in [3.8, 4) is 5.75 Å². The zero-order valence-corrected chi connectivity index (χ0v) is 21.0. The van der Waals surface area contributed by atoms with E-state index >= 15 is 0 Å². The lowest BCUT2D eigenvalue weighted by molar-refractivity contribution is 0.0958. The van der Waals surface area contributed by atoms with Crippen molar-refractivity contribution >= 4 is 54.6 Å². The summed E-state index contributed by atoms with van der Waals surface area (Å²) in [4.78, 5) is 13.3. The molecule has 0 radical (unpaired) electrons. The molecule has 0 aliphatic carbocycles. The Bertz CT molecular complexity index is 1440. The summed E-state index contributed by atoms with van der Waals surface area (Å²) in [5.74, 6) is 0.255. The third-order valence-electron chi connectivity index (χ3n) is 5.41. The van der Waals surface area contributed by atoms with E-state index in [1.165, 1.54) is 48.0 Å². The lowest BCUT2D eigenvalue weighted by atomic mass is 10.1. The van der Waals surface area contributed by atoms with Crippen LogP contribution in [0, 0.1) is 0 Å². The molecule has 1 N–H and O–H groups in total. The van der Waals surface area contributed by atoms with Crippen molar-refractivity contribution in [2.45, 2.75) is 11.3 Å². The van der Waals surface area contributed by atoms with Gasteiger partial charge in [0.15, 0.2) is 0 Å². The molecule has 0 saturated heterocycles. The molecular weight excluding hydrogens is 492 g/mol. The Hall–Kier alpha value is -3.07. The van der Waals surface area contributed by atoms with Crippen molar-refractivity contribution in [1.29, 1.82) is 0 Å². The van der Waals surface area contributed by atoms with Crippen LogP contribution in [-0.4, -0.2) is 35.0 Å². The zero-order valence-electron chi connectivity index (χ0n) is 18.6. The maximum absolute atomic E-state index is 13.1. The maximum Gasteiger partial charge on any atom is 0.264 e. The third-order valence-corrected chi connectivity index (χ3v) is 8.60. The molecule has 6 nitrogen and oxygen atoms in total. The molecule has 3 aromatic carbocycles. The summed E-state index contributed by atoms with van der Waals surface area (Å²) in [6.07, 6.45) is 0.750. The van der Waals surface area contributed by atoms with Crippen molar-refractivity contribution in [1.82, 2.24) is 5.32 Å². The molecule has 176 valence electrons. The largest absolute Gasteiger partial charge is 0.495 e. The van der Waals surface area contributed by atoms with Gasteiger partial charge in [0.1, 0.15) is 5.75 Å². The second-order valence-corrected chi connectivity index (χ2v) is 11.1. The normalized spacial score (nSPS) is 11.4. The first-order valence-corrected chi connectivity index (χ1v) is 13.1. The number of hydrogen-bond acceptors (Lipinski definition) is 5. The minimum absolute atomic E-state index is 0.0599. The monoisotopic (exact) mass is 514 g/mol. The Kier molecular flexibility index (Phi) is 7.11. The van der Waals surface area contributed by atoms with Gasteiger partial charge >= 0.3 is 0 Å². The van der Waals surface area contributed by atoms with Crippen LogP contribution < -0.4 is 14.4 Å². The van der Waals surface area contributed by atoms with Gasteiger partial charge in [-0.05, 0) is 59.8 Å². The molecule has 4 aromatic rings. The standard InChI is InChI=1S/C25H23ClN2O4S2/c1-28(34(30,31)20-9-10-22(32-2)21(26)16-20)19-8-11-23-18(14-19)15-24(33-23)25(29)27-13-12-17-6-4-3-5-7-17/h3-11,14-16H,12-13H2,1-2H3,(H,27,29). The summed E-state index contributed by atoms with van der Waals surface area (Å²) in [7, 11) is -0.887. The number of sulfonamides is 1. The molecule has 0 spiro atoms. The van der Waals surface area contributed by atoms with Crippen LogP contribution in [-0.2, 0) is 16.4 Å². The molecule has 0 aliphatic rings. The third kappa shape index (κ3) is 5.04. The summed E-state index contributed by atoms with van der Waals surface area (Å²) < 4.78 is 33.5. The number of thiophene rings is 1. The van der Waals surface area contributed by atoms with E-state index < -0.39 is 10.0 Å². The molecule has 0 aliphatic heterocycles. The number of hydrogen-bond donors (Lipinski definition) is 1. The van der Waals surface area contributed by atoms with Crippen LogP contribution >= 0.6 is 22.9 Å². The van der Waals surface area contributed by atoms with Gasteiger partial charge in [-0.3, -0.25) is 9.10 Å². The first-order chi connectivity index (χ1) is 16.3. The highest BCUT2D eigenvalue weighted by atomic mass is 35.5. The summed E-state index contributed by atoms with van der Waals surface area (Å²) in [6.45, 7) is 0.535. The van der Waals surface area contributed by atoms with E-state index in [0.29, 0.717) is 22.9 Å². The van der Waals surface area contributed by atoms with Crippen LogP contribution in [0.25, 0.3) is 10.1 Å². The molecule has 0 bridgehead atoms. The topological polar surface area (TPSA) is 75.7 Å². The van der Waals surface area contributed by atoms with Gasteiger partial charge in [0.25, 0.3) is 15.9 Å². The second-order valence-electron chi connectivity index (χ2n) is 7.59. The van der Waals surface area contributed by atoms with Gasteiger partial charge in [0.05, 0.1) is 27.6 Å². The number of nitrogens with one attached hydrogen (secondary N) is 1. The van der Waals surface area contributed by atoms with Crippen LogP contribution in [0.15, 0.2) is 77.7 Å². The molecular formula is C25H23ClN2O4S2. The van der Waals surface area contributed by atoms with E-state index in [2.05, 4.69) is 5.32 Å². The molecule has 4 rings (SSSR count). The first kappa shape index (κ1) is 24.1. The van der Waals surface area contributed by atoms with Gasteiger partial charge in [-0.1, -0.05) is 41.9 Å². The Morgan fingerprint density at radius 1 is 1.06 bits per heavy atom. The average molecular weight is 515 g/mol. The van der Waals surface area contributed by atoms with Crippen LogP contribution in [0.3, 0.4) is 0 Å². The maximum atomic E-state index is 13.1. The summed E-state index contributed by atoms with van der Waals surface area (Å²) in [5, 5.41) is 3.96. The lowest BCUT2D eigenvalue weighted by Crippen LogP contribution is -2.26. The second kappa shape index (κ2) is 10.0. The quantitative estimate of drug-likeness (QED) is 0.343. The fourth-order valence-electron chi connectivity index (χ4n) is 3.50. The molecule has 9 heteroatoms. The fourth-order valence-corrected chi connectivity index (χ4v) is 5.99. The summed E-state index contributed by atoms with van der Waals surface area (Å²) in [6, 6.07) is 21.4. The fraction of sp³-hybridized carbons (Fsp3) is 0.160. The predicted molar refractivity (Wildman–Crippen MR) is 138 cm³/mol. The molecule has 1 amide bonds. The number of carbonyl (C=O) groups excluding carboxylic acids is 1. The van der Waals surface area contributed by atoms with Gasteiger partial charge in [0, 0.05) is 18.3 Å². The molecule has 0 unspecified atom stereocenters. The van der Waals surface area contributed by atoms with Crippen LogP contribution in [0.4, 0.5) is 5.69 Å². The van der Waals surface area contributed by atoms with Crippen molar-refractivity contribution in [3.63, 3.8) is 0 Å². The number of nitrogens with zero attached hydrogens (tertiary/aromatic N) is 1. The Labute approximate surface area is 207 Å². The summed E-state index contributed by atoms with van der Waals surface area (Å²) in [5.41, 5.74) is 1.64. The summed E-state index contributed by atoms with van der Waals surface area (Å²) >= 11 is 7.49. The number of ether oxygens (including phenoxy) is 1. The van der Waals surface area contributed by atoms with Gasteiger partial charge in [0.2, 0.25) is 0 Å². The molecule has 1 heterocycles. The van der Waals surface area contributed by atoms with E-state index in [0.717, 1.165) is 22.1 Å².